The fourth-order valence-corrected chi connectivity index (χ4v) is 7.97. The van der Waals surface area contributed by atoms with Crippen molar-refractivity contribution in [2.45, 2.75) is 38.6 Å². The predicted octanol–water partition coefficient (Wildman–Crippen LogP) is 0.380. The number of aryl methyl sites for hydroxylation is 3. The van der Waals surface area contributed by atoms with Crippen molar-refractivity contribution >= 4 is 37.2 Å². The Bertz CT molecular complexity index is 961. The van der Waals surface area contributed by atoms with Crippen LogP contribution in [0.1, 0.15) is 29.1 Å². The van der Waals surface area contributed by atoms with E-state index in [0.29, 0.717) is 17.5 Å². The average molecular weight is 394 g/mol. The van der Waals surface area contributed by atoms with E-state index in [-0.39, 0.29) is 0 Å². The minimum absolute atomic E-state index is 0.291. The summed E-state index contributed by atoms with van der Waals surface area (Å²) in [5, 5.41) is 1.29. The summed E-state index contributed by atoms with van der Waals surface area (Å²) >= 11 is 1.85. The minimum Gasteiger partial charge on any atom is -0.345 e. The molecule has 2 aliphatic heterocycles. The monoisotopic (exact) mass is 393 g/mol. The van der Waals surface area contributed by atoms with Crippen molar-refractivity contribution < 1.29 is 13.3 Å². The highest BCUT2D eigenvalue weighted by Crippen LogP contribution is 2.40. The van der Waals surface area contributed by atoms with E-state index in [2.05, 4.69) is 4.90 Å². The quantitative estimate of drug-likeness (QED) is 0.799. The van der Waals surface area contributed by atoms with Crippen LogP contribution in [-0.2, 0) is 22.7 Å². The van der Waals surface area contributed by atoms with Crippen LogP contribution in [0, 0.1) is 6.92 Å². The molecule has 0 radical (unpaired) electrons. The molecule has 0 aromatic carbocycles. The zero-order valence-corrected chi connectivity index (χ0v) is 16.8. The van der Waals surface area contributed by atoms with Gasteiger partial charge in [0.15, 0.2) is 9.84 Å². The third kappa shape index (κ3) is 2.82. The van der Waals surface area contributed by atoms with Gasteiger partial charge in [-0.3, -0.25) is 0 Å². The maximum absolute atomic E-state index is 11.8. The molecule has 2 aromatic heterocycles. The summed E-state index contributed by atoms with van der Waals surface area (Å²) in [7, 11) is -2.80. The highest BCUT2D eigenvalue weighted by atomic mass is 32.2. The van der Waals surface area contributed by atoms with Crippen molar-refractivity contribution in [1.29, 1.82) is 0 Å². The number of aromatic nitrogens is 2. The van der Waals surface area contributed by atoms with E-state index in [1.807, 2.05) is 18.3 Å². The number of sulfone groups is 1. The Kier molecular flexibility index (Phi) is 3.99. The van der Waals surface area contributed by atoms with Crippen LogP contribution < -0.4 is 9.80 Å². The summed E-state index contributed by atoms with van der Waals surface area (Å²) in [6.45, 7) is 5.87. The fourth-order valence-electron chi connectivity index (χ4n) is 4.84. The smallest absolute Gasteiger partial charge is 0.156 e. The van der Waals surface area contributed by atoms with Crippen molar-refractivity contribution in [2.75, 3.05) is 42.6 Å². The summed E-state index contributed by atoms with van der Waals surface area (Å²) in [6, 6.07) is 0.291. The molecule has 0 bridgehead atoms. The molecule has 0 unspecified atom stereocenters. The lowest BCUT2D eigenvalue weighted by molar-refractivity contribution is -0.922. The molecule has 2 saturated heterocycles. The second kappa shape index (κ2) is 6.14. The van der Waals surface area contributed by atoms with Gasteiger partial charge in [0.1, 0.15) is 28.3 Å². The van der Waals surface area contributed by atoms with Gasteiger partial charge in [-0.25, -0.2) is 18.4 Å². The molecular weight excluding hydrogens is 368 g/mol. The maximum Gasteiger partial charge on any atom is 0.156 e. The normalized spacial score (nSPS) is 25.9. The molecule has 2 aromatic rings. The highest BCUT2D eigenvalue weighted by molar-refractivity contribution is 7.91. The van der Waals surface area contributed by atoms with Crippen LogP contribution >= 0.6 is 11.3 Å². The number of fused-ring (bicyclic) bond motifs is 3. The average Bonchev–Trinajstić information content (AvgIpc) is 3.28. The lowest BCUT2D eigenvalue weighted by atomic mass is 10.1. The first-order valence-corrected chi connectivity index (χ1v) is 12.2. The van der Waals surface area contributed by atoms with Gasteiger partial charge in [0, 0.05) is 11.3 Å². The van der Waals surface area contributed by atoms with Crippen LogP contribution in [0.3, 0.4) is 0 Å². The zero-order chi connectivity index (χ0) is 17.9. The first kappa shape index (κ1) is 16.9. The highest BCUT2D eigenvalue weighted by Gasteiger charge is 2.37. The van der Waals surface area contributed by atoms with Gasteiger partial charge in [-0.15, -0.1) is 11.3 Å². The number of nitrogens with one attached hydrogen (secondary N) is 1. The van der Waals surface area contributed by atoms with Gasteiger partial charge in [-0.2, -0.15) is 0 Å². The Labute approximate surface area is 158 Å². The Hall–Kier alpha value is -1.25. The number of nitrogens with zero attached hydrogens (tertiary/aromatic N) is 3. The largest absolute Gasteiger partial charge is 0.345 e. The number of hydrogen-bond acceptors (Lipinski definition) is 6. The molecule has 3 aliphatic rings. The molecule has 0 amide bonds. The second-order valence-corrected chi connectivity index (χ2v) is 11.2. The van der Waals surface area contributed by atoms with E-state index in [4.69, 9.17) is 9.97 Å². The van der Waals surface area contributed by atoms with Crippen LogP contribution in [0.25, 0.3) is 10.2 Å². The third-order valence-corrected chi connectivity index (χ3v) is 9.13. The number of thiophene rings is 1. The molecule has 140 valence electrons. The summed E-state index contributed by atoms with van der Waals surface area (Å²) in [5.41, 5.74) is 1.48. The van der Waals surface area contributed by atoms with Crippen LogP contribution in [0.4, 0.5) is 5.82 Å². The molecule has 1 N–H and O–H groups in total. The Morgan fingerprint density at radius 1 is 1.19 bits per heavy atom. The Balaban J connectivity index is 1.40. The van der Waals surface area contributed by atoms with Crippen molar-refractivity contribution in [3.63, 3.8) is 0 Å². The van der Waals surface area contributed by atoms with E-state index in [9.17, 15) is 8.42 Å². The SMILES string of the molecule is Cc1nc(N2CC[NH+]([C@@H]3CCS(=O)(=O)C3)CC2)c2c3c(sc2n1)CCC3. The molecular formula is C18H25N4O2S2+. The van der Waals surface area contributed by atoms with Crippen LogP contribution in [0.2, 0.25) is 0 Å². The standard InChI is InChI=1S/C18H24N4O2S2/c1-12-19-17(16-14-3-2-4-15(14)25-18(16)20-12)22-8-6-21(7-9-22)13-5-10-26(23,24)11-13/h13H,2-11H2,1H3/p+1/t13-/m1/s1. The molecule has 2 fully saturated rings. The van der Waals surface area contributed by atoms with Crippen molar-refractivity contribution in [3.8, 4) is 0 Å². The maximum atomic E-state index is 11.8. The first-order chi connectivity index (χ1) is 12.5. The number of anilines is 1. The van der Waals surface area contributed by atoms with Gasteiger partial charge >= 0.3 is 0 Å². The summed E-state index contributed by atoms with van der Waals surface area (Å²) in [4.78, 5) is 16.1. The van der Waals surface area contributed by atoms with Gasteiger partial charge in [0.25, 0.3) is 0 Å². The lowest BCUT2D eigenvalue weighted by Crippen LogP contribution is -3.18. The molecule has 0 saturated carbocycles. The van der Waals surface area contributed by atoms with Gasteiger partial charge < -0.3 is 9.80 Å². The topological polar surface area (TPSA) is 67.6 Å². The van der Waals surface area contributed by atoms with E-state index in [0.717, 1.165) is 55.5 Å². The third-order valence-electron chi connectivity index (χ3n) is 6.17. The van der Waals surface area contributed by atoms with Crippen molar-refractivity contribution in [2.24, 2.45) is 0 Å². The number of piperazine rings is 1. The number of quaternary nitrogens is 1. The van der Waals surface area contributed by atoms with E-state index in [1.165, 1.54) is 33.6 Å². The summed E-state index contributed by atoms with van der Waals surface area (Å²) in [6.07, 6.45) is 4.41. The molecule has 1 atom stereocenters. The molecule has 4 heterocycles. The summed E-state index contributed by atoms with van der Waals surface area (Å²) < 4.78 is 23.6. The molecule has 1 aliphatic carbocycles. The molecule has 6 nitrogen and oxygen atoms in total. The van der Waals surface area contributed by atoms with Gasteiger partial charge in [0.2, 0.25) is 0 Å². The molecule has 26 heavy (non-hydrogen) atoms. The zero-order valence-electron chi connectivity index (χ0n) is 15.1. The predicted molar refractivity (Wildman–Crippen MR) is 104 cm³/mol. The Morgan fingerprint density at radius 2 is 2.00 bits per heavy atom. The van der Waals surface area contributed by atoms with E-state index < -0.39 is 9.84 Å². The first-order valence-electron chi connectivity index (χ1n) is 9.59. The van der Waals surface area contributed by atoms with Crippen molar-refractivity contribution in [1.82, 2.24) is 9.97 Å². The second-order valence-electron chi connectivity index (χ2n) is 7.88. The van der Waals surface area contributed by atoms with Crippen LogP contribution in [-0.4, -0.2) is 62.1 Å². The summed E-state index contributed by atoms with van der Waals surface area (Å²) in [5.74, 6) is 2.71. The van der Waals surface area contributed by atoms with Gasteiger partial charge in [-0.1, -0.05) is 0 Å². The molecule has 0 spiro atoms. The molecule has 8 heteroatoms. The Morgan fingerprint density at radius 3 is 2.73 bits per heavy atom. The number of rotatable bonds is 2. The minimum atomic E-state index is -2.80. The van der Waals surface area contributed by atoms with E-state index >= 15 is 0 Å². The van der Waals surface area contributed by atoms with E-state index in [1.54, 1.807) is 0 Å². The van der Waals surface area contributed by atoms with Crippen LogP contribution in [0.15, 0.2) is 0 Å². The lowest BCUT2D eigenvalue weighted by Gasteiger charge is -2.36. The fraction of sp³-hybridized carbons (Fsp3) is 0.667. The van der Waals surface area contributed by atoms with Crippen molar-refractivity contribution in [3.05, 3.63) is 16.3 Å². The molecule has 5 rings (SSSR count). The van der Waals surface area contributed by atoms with Crippen LogP contribution in [0.5, 0.6) is 0 Å². The van der Waals surface area contributed by atoms with Gasteiger partial charge in [-0.05, 0) is 31.7 Å². The van der Waals surface area contributed by atoms with Gasteiger partial charge in [0.05, 0.1) is 37.3 Å². The number of hydrogen-bond donors (Lipinski definition) is 1.